The number of aromatic amines is 1. The molecule has 1 saturated heterocycles. The summed E-state index contributed by atoms with van der Waals surface area (Å²) >= 11 is 1.48. The number of H-pyrrole nitrogens is 1. The number of aryl methyl sites for hydroxylation is 1. The van der Waals surface area contributed by atoms with Gasteiger partial charge < -0.3 is 9.88 Å². The van der Waals surface area contributed by atoms with Gasteiger partial charge in [-0.15, -0.1) is 11.3 Å². The van der Waals surface area contributed by atoms with Crippen molar-refractivity contribution in [2.75, 3.05) is 6.54 Å². The van der Waals surface area contributed by atoms with E-state index < -0.39 is 5.56 Å². The Morgan fingerprint density at radius 2 is 2.22 bits per heavy atom. The van der Waals surface area contributed by atoms with Crippen molar-refractivity contribution in [3.63, 3.8) is 0 Å². The van der Waals surface area contributed by atoms with E-state index in [4.69, 9.17) is 0 Å². The van der Waals surface area contributed by atoms with Crippen LogP contribution in [-0.4, -0.2) is 37.3 Å². The van der Waals surface area contributed by atoms with E-state index in [1.54, 1.807) is 17.3 Å². The van der Waals surface area contributed by atoms with Crippen LogP contribution in [0.5, 0.6) is 0 Å². The Morgan fingerprint density at radius 1 is 1.33 bits per heavy atom. The molecule has 1 atom stereocenters. The van der Waals surface area contributed by atoms with Crippen molar-refractivity contribution in [2.24, 2.45) is 0 Å². The largest absolute Gasteiger partial charge is 0.331 e. The highest BCUT2D eigenvalue weighted by molar-refractivity contribution is 7.09. The second-order valence-electron chi connectivity index (χ2n) is 6.52. The minimum absolute atomic E-state index is 0.0569. The van der Waals surface area contributed by atoms with Crippen molar-refractivity contribution in [2.45, 2.75) is 32.2 Å². The molecule has 27 heavy (non-hydrogen) atoms. The van der Waals surface area contributed by atoms with Crippen molar-refractivity contribution in [3.05, 3.63) is 62.6 Å². The molecule has 0 bridgehead atoms. The molecule has 0 aliphatic carbocycles. The summed E-state index contributed by atoms with van der Waals surface area (Å²) in [5.74, 6) is 0.0849. The quantitative estimate of drug-likeness (QED) is 0.753. The van der Waals surface area contributed by atoms with Gasteiger partial charge in [-0.3, -0.25) is 14.6 Å². The lowest BCUT2D eigenvalue weighted by molar-refractivity contribution is 0.0609. The fraction of sp³-hybridized carbons (Fsp3) is 0.316. The summed E-state index contributed by atoms with van der Waals surface area (Å²) in [5.41, 5.74) is 1.22. The first kappa shape index (κ1) is 17.5. The molecule has 1 amide bonds. The van der Waals surface area contributed by atoms with Crippen LogP contribution in [0.2, 0.25) is 0 Å². The molecule has 0 aromatic carbocycles. The third kappa shape index (κ3) is 3.52. The fourth-order valence-corrected chi connectivity index (χ4v) is 4.00. The first-order valence-electron chi connectivity index (χ1n) is 8.86. The topological polar surface area (TPSA) is 91.8 Å². The number of amides is 1. The summed E-state index contributed by atoms with van der Waals surface area (Å²) in [4.78, 5) is 42.9. The SMILES string of the molecule is Cc1nc(-c2ncc(C(=O)N3CCCC[C@@H]3c3cccnc3)c(=O)[nH]2)cs1. The van der Waals surface area contributed by atoms with Crippen LogP contribution in [-0.2, 0) is 0 Å². The molecule has 1 aliphatic heterocycles. The first-order chi connectivity index (χ1) is 13.1. The number of hydrogen-bond donors (Lipinski definition) is 1. The maximum atomic E-state index is 13.1. The van der Waals surface area contributed by atoms with E-state index in [-0.39, 0.29) is 17.5 Å². The number of thiazole rings is 1. The average Bonchev–Trinajstić information content (AvgIpc) is 3.14. The van der Waals surface area contributed by atoms with Gasteiger partial charge in [0.15, 0.2) is 5.82 Å². The number of nitrogens with zero attached hydrogens (tertiary/aromatic N) is 4. The van der Waals surface area contributed by atoms with E-state index in [9.17, 15) is 9.59 Å². The predicted octanol–water partition coefficient (Wildman–Crippen LogP) is 2.96. The lowest BCUT2D eigenvalue weighted by Crippen LogP contribution is -2.40. The van der Waals surface area contributed by atoms with E-state index in [2.05, 4.69) is 19.9 Å². The van der Waals surface area contributed by atoms with Crippen LogP contribution in [0.3, 0.4) is 0 Å². The van der Waals surface area contributed by atoms with E-state index in [0.717, 1.165) is 29.8 Å². The number of likely N-dealkylation sites (tertiary alicyclic amines) is 1. The van der Waals surface area contributed by atoms with E-state index in [1.807, 2.05) is 24.4 Å². The van der Waals surface area contributed by atoms with Crippen LogP contribution in [0.15, 0.2) is 40.9 Å². The van der Waals surface area contributed by atoms with E-state index in [0.29, 0.717) is 18.1 Å². The molecule has 138 valence electrons. The van der Waals surface area contributed by atoms with Crippen LogP contribution in [0.1, 0.15) is 46.2 Å². The highest BCUT2D eigenvalue weighted by Crippen LogP contribution is 2.31. The van der Waals surface area contributed by atoms with Crippen LogP contribution in [0.4, 0.5) is 0 Å². The summed E-state index contributed by atoms with van der Waals surface area (Å²) < 4.78 is 0. The lowest BCUT2D eigenvalue weighted by atomic mass is 9.96. The molecule has 0 saturated carbocycles. The number of nitrogens with one attached hydrogen (secondary N) is 1. The molecule has 0 spiro atoms. The fourth-order valence-electron chi connectivity index (χ4n) is 3.40. The molecule has 4 heterocycles. The van der Waals surface area contributed by atoms with Crippen molar-refractivity contribution in [3.8, 4) is 11.5 Å². The second kappa shape index (κ2) is 7.40. The summed E-state index contributed by atoms with van der Waals surface area (Å²) in [7, 11) is 0. The standard InChI is InChI=1S/C19H19N5O2S/c1-12-22-15(11-27-12)17-21-10-14(18(25)23-17)19(26)24-8-3-2-6-16(24)13-5-4-7-20-9-13/h4-5,7,9-11,16H,2-3,6,8H2,1H3,(H,21,23,25)/t16-/m1/s1. The Bertz CT molecular complexity index is 1010. The molecule has 1 fully saturated rings. The van der Waals surface area contributed by atoms with Crippen molar-refractivity contribution < 1.29 is 4.79 Å². The van der Waals surface area contributed by atoms with Crippen molar-refractivity contribution >= 4 is 17.2 Å². The molecule has 3 aromatic heterocycles. The molecule has 0 radical (unpaired) electrons. The highest BCUT2D eigenvalue weighted by atomic mass is 32.1. The molecule has 7 nitrogen and oxygen atoms in total. The zero-order chi connectivity index (χ0) is 18.8. The molecule has 1 aliphatic rings. The summed E-state index contributed by atoms with van der Waals surface area (Å²) in [6, 6.07) is 3.77. The van der Waals surface area contributed by atoms with Gasteiger partial charge in [-0.05, 0) is 37.8 Å². The number of hydrogen-bond acceptors (Lipinski definition) is 6. The average molecular weight is 381 g/mol. The zero-order valence-corrected chi connectivity index (χ0v) is 15.7. The summed E-state index contributed by atoms with van der Waals surface area (Å²) in [5, 5.41) is 2.72. The number of pyridine rings is 1. The Kier molecular flexibility index (Phi) is 4.81. The van der Waals surface area contributed by atoms with Gasteiger partial charge in [-0.1, -0.05) is 6.07 Å². The number of carbonyl (C=O) groups excluding carboxylic acids is 1. The first-order valence-corrected chi connectivity index (χ1v) is 9.74. The molecule has 4 rings (SSSR count). The smallest absolute Gasteiger partial charge is 0.264 e. The van der Waals surface area contributed by atoms with Crippen molar-refractivity contribution in [1.29, 1.82) is 0 Å². The Hall–Kier alpha value is -2.87. The normalized spacial score (nSPS) is 17.1. The Balaban J connectivity index is 1.64. The molecule has 3 aromatic rings. The summed E-state index contributed by atoms with van der Waals surface area (Å²) in [6.07, 6.45) is 7.68. The minimum Gasteiger partial charge on any atom is -0.331 e. The highest BCUT2D eigenvalue weighted by Gasteiger charge is 2.30. The van der Waals surface area contributed by atoms with Crippen LogP contribution < -0.4 is 5.56 Å². The zero-order valence-electron chi connectivity index (χ0n) is 14.9. The number of aromatic nitrogens is 4. The van der Waals surface area contributed by atoms with Crippen LogP contribution >= 0.6 is 11.3 Å². The monoisotopic (exact) mass is 381 g/mol. The summed E-state index contributed by atoms with van der Waals surface area (Å²) in [6.45, 7) is 2.50. The third-order valence-electron chi connectivity index (χ3n) is 4.72. The number of carbonyl (C=O) groups is 1. The molecule has 0 unspecified atom stereocenters. The van der Waals surface area contributed by atoms with Crippen LogP contribution in [0, 0.1) is 6.92 Å². The van der Waals surface area contributed by atoms with E-state index in [1.165, 1.54) is 17.5 Å². The Labute approximate surface area is 160 Å². The molecular weight excluding hydrogens is 362 g/mol. The van der Waals surface area contributed by atoms with Gasteiger partial charge in [0.25, 0.3) is 11.5 Å². The second-order valence-corrected chi connectivity index (χ2v) is 7.59. The van der Waals surface area contributed by atoms with Gasteiger partial charge in [0.2, 0.25) is 0 Å². The van der Waals surface area contributed by atoms with Gasteiger partial charge >= 0.3 is 0 Å². The predicted molar refractivity (Wildman–Crippen MR) is 103 cm³/mol. The lowest BCUT2D eigenvalue weighted by Gasteiger charge is -2.35. The van der Waals surface area contributed by atoms with Gasteiger partial charge in [0, 0.05) is 30.5 Å². The van der Waals surface area contributed by atoms with Gasteiger partial charge in [-0.25, -0.2) is 9.97 Å². The number of piperidine rings is 1. The Morgan fingerprint density at radius 3 is 2.93 bits per heavy atom. The van der Waals surface area contributed by atoms with Crippen molar-refractivity contribution in [1.82, 2.24) is 24.8 Å². The molecule has 1 N–H and O–H groups in total. The van der Waals surface area contributed by atoms with E-state index >= 15 is 0 Å². The number of rotatable bonds is 3. The van der Waals surface area contributed by atoms with Gasteiger partial charge in [0.1, 0.15) is 11.3 Å². The third-order valence-corrected chi connectivity index (χ3v) is 5.50. The molecule has 8 heteroatoms. The minimum atomic E-state index is -0.439. The molecular formula is C19H19N5O2S. The van der Waals surface area contributed by atoms with Crippen LogP contribution in [0.25, 0.3) is 11.5 Å². The van der Waals surface area contributed by atoms with Gasteiger partial charge in [0.05, 0.1) is 11.0 Å². The van der Waals surface area contributed by atoms with Gasteiger partial charge in [-0.2, -0.15) is 0 Å². The maximum Gasteiger partial charge on any atom is 0.264 e. The maximum absolute atomic E-state index is 13.1.